The number of piperidine rings is 1. The highest BCUT2D eigenvalue weighted by atomic mass is 31.0. The lowest BCUT2D eigenvalue weighted by atomic mass is 9.94. The van der Waals surface area contributed by atoms with Crippen molar-refractivity contribution in [2.24, 2.45) is 5.92 Å². The molecule has 86 valence electrons. The van der Waals surface area contributed by atoms with Crippen molar-refractivity contribution in [1.29, 1.82) is 0 Å². The fourth-order valence-corrected chi connectivity index (χ4v) is 3.01. The van der Waals surface area contributed by atoms with Gasteiger partial charge in [-0.05, 0) is 24.4 Å². The van der Waals surface area contributed by atoms with E-state index in [4.69, 9.17) is 0 Å². The summed E-state index contributed by atoms with van der Waals surface area (Å²) in [6.45, 7) is 2.07. The smallest absolute Gasteiger partial charge is 0.283 e. The second-order valence-electron chi connectivity index (χ2n) is 4.89. The Bertz CT molecular complexity index is 412. The molecular weight excluding hydrogens is 227 g/mol. The number of hydrogen-bond donors (Lipinski definition) is 1. The fraction of sp³-hybridized carbons (Fsp3) is 0.500. The molecule has 3 atom stereocenters. The molecule has 1 aliphatic heterocycles. The Morgan fingerprint density at radius 1 is 1.31 bits per heavy atom. The molecule has 1 nitrogen and oxygen atoms in total. The molecule has 1 N–H and O–H groups in total. The Balaban J connectivity index is 1.89. The molecule has 4 heteroatoms. The molecule has 1 aliphatic carbocycles. The average Bonchev–Trinajstić information content (AvgIpc) is 2.81. The van der Waals surface area contributed by atoms with Crippen molar-refractivity contribution in [3.05, 3.63) is 35.4 Å². The van der Waals surface area contributed by atoms with Crippen LogP contribution in [0, 0.1) is 5.92 Å². The lowest BCUT2D eigenvalue weighted by Crippen LogP contribution is -2.19. The maximum absolute atomic E-state index is 13.0. The highest BCUT2D eigenvalue weighted by Crippen LogP contribution is 2.56. The SMILES string of the molecule is FC(F)(P)c1ccc([C@]23CNCC2C3)cc1. The first-order chi connectivity index (χ1) is 7.52. The summed E-state index contributed by atoms with van der Waals surface area (Å²) in [4.78, 5) is 0. The average molecular weight is 241 g/mol. The number of rotatable bonds is 2. The van der Waals surface area contributed by atoms with E-state index >= 15 is 0 Å². The minimum Gasteiger partial charge on any atom is -0.316 e. The molecule has 1 saturated heterocycles. The van der Waals surface area contributed by atoms with Crippen LogP contribution >= 0.6 is 9.24 Å². The first kappa shape index (κ1) is 10.6. The standard InChI is InChI=1S/C12H14F2NP/c13-12(14,16)9-3-1-8(2-4-9)11-5-10(11)6-15-7-11/h1-4,10,15H,5-7,16H2/t10?,11-/m0/s1. The van der Waals surface area contributed by atoms with Gasteiger partial charge >= 0.3 is 0 Å². The first-order valence-corrected chi connectivity index (χ1v) is 6.08. The van der Waals surface area contributed by atoms with Gasteiger partial charge in [0.2, 0.25) is 0 Å². The van der Waals surface area contributed by atoms with Gasteiger partial charge in [0.15, 0.2) is 0 Å². The summed E-state index contributed by atoms with van der Waals surface area (Å²) in [6, 6.07) is 6.82. The lowest BCUT2D eigenvalue weighted by molar-refractivity contribution is 0.104. The van der Waals surface area contributed by atoms with Gasteiger partial charge in [-0.25, -0.2) is 0 Å². The molecule has 3 rings (SSSR count). The quantitative estimate of drug-likeness (QED) is 0.784. The molecule has 0 bridgehead atoms. The van der Waals surface area contributed by atoms with Gasteiger partial charge in [-0.3, -0.25) is 0 Å². The zero-order valence-electron chi connectivity index (χ0n) is 8.84. The van der Waals surface area contributed by atoms with Crippen molar-refractivity contribution in [2.75, 3.05) is 13.1 Å². The van der Waals surface area contributed by atoms with E-state index in [2.05, 4.69) is 5.32 Å². The van der Waals surface area contributed by atoms with Crippen molar-refractivity contribution in [3.63, 3.8) is 0 Å². The van der Waals surface area contributed by atoms with Crippen LogP contribution in [0.1, 0.15) is 17.5 Å². The van der Waals surface area contributed by atoms with Crippen molar-refractivity contribution < 1.29 is 8.78 Å². The monoisotopic (exact) mass is 241 g/mol. The number of hydrogen-bond acceptors (Lipinski definition) is 1. The summed E-state index contributed by atoms with van der Waals surface area (Å²) in [6.07, 6.45) is 1.20. The van der Waals surface area contributed by atoms with Crippen LogP contribution in [0.25, 0.3) is 0 Å². The second kappa shape index (κ2) is 3.24. The molecule has 0 aromatic heterocycles. The largest absolute Gasteiger partial charge is 0.316 e. The summed E-state index contributed by atoms with van der Waals surface area (Å²) in [5.41, 5.74) is -1.27. The Hall–Kier alpha value is -0.530. The summed E-state index contributed by atoms with van der Waals surface area (Å²) in [5, 5.41) is 3.35. The van der Waals surface area contributed by atoms with Gasteiger partial charge in [-0.2, -0.15) is 8.78 Å². The molecule has 0 spiro atoms. The van der Waals surface area contributed by atoms with Gasteiger partial charge < -0.3 is 5.32 Å². The van der Waals surface area contributed by atoms with E-state index in [-0.39, 0.29) is 11.0 Å². The Morgan fingerprint density at radius 3 is 2.44 bits per heavy atom. The van der Waals surface area contributed by atoms with Gasteiger partial charge in [0, 0.05) is 17.5 Å². The normalized spacial score (nSPS) is 32.6. The lowest BCUT2D eigenvalue weighted by Gasteiger charge is -2.15. The van der Waals surface area contributed by atoms with E-state index in [1.54, 1.807) is 21.4 Å². The molecule has 1 heterocycles. The van der Waals surface area contributed by atoms with Crippen LogP contribution in [0.15, 0.2) is 24.3 Å². The van der Waals surface area contributed by atoms with E-state index < -0.39 is 5.66 Å². The molecule has 2 aliphatic rings. The molecule has 0 amide bonds. The highest BCUT2D eigenvalue weighted by molar-refractivity contribution is 7.17. The van der Waals surface area contributed by atoms with Crippen LogP contribution < -0.4 is 5.32 Å². The van der Waals surface area contributed by atoms with Crippen LogP contribution in [-0.2, 0) is 11.1 Å². The first-order valence-electron chi connectivity index (χ1n) is 5.51. The van der Waals surface area contributed by atoms with Crippen molar-refractivity contribution in [1.82, 2.24) is 5.32 Å². The third-order valence-electron chi connectivity index (χ3n) is 3.91. The topological polar surface area (TPSA) is 12.0 Å². The second-order valence-corrected chi connectivity index (χ2v) is 5.61. The fourth-order valence-electron chi connectivity index (χ4n) is 2.81. The van der Waals surface area contributed by atoms with E-state index in [0.717, 1.165) is 19.0 Å². The van der Waals surface area contributed by atoms with E-state index in [1.807, 2.05) is 12.1 Å². The number of benzene rings is 1. The van der Waals surface area contributed by atoms with Crippen LogP contribution in [0.5, 0.6) is 0 Å². The predicted octanol–water partition coefficient (Wildman–Crippen LogP) is 2.47. The third-order valence-corrected chi connectivity index (χ3v) is 4.24. The zero-order valence-corrected chi connectivity index (χ0v) is 10.00. The Labute approximate surface area is 95.8 Å². The van der Waals surface area contributed by atoms with Gasteiger partial charge in [0.1, 0.15) is 0 Å². The summed E-state index contributed by atoms with van der Waals surface area (Å²) >= 11 is 0. The van der Waals surface area contributed by atoms with E-state index in [0.29, 0.717) is 0 Å². The van der Waals surface area contributed by atoms with Crippen molar-refractivity contribution in [2.45, 2.75) is 17.5 Å². The molecule has 2 unspecified atom stereocenters. The minimum absolute atomic E-state index is 0.0702. The number of alkyl halides is 2. The van der Waals surface area contributed by atoms with E-state index in [1.165, 1.54) is 12.0 Å². The van der Waals surface area contributed by atoms with Crippen LogP contribution in [-0.4, -0.2) is 13.1 Å². The third kappa shape index (κ3) is 1.49. The van der Waals surface area contributed by atoms with Gasteiger partial charge in [-0.1, -0.05) is 33.5 Å². The summed E-state index contributed by atoms with van der Waals surface area (Å²) in [7, 11) is 1.58. The van der Waals surface area contributed by atoms with Gasteiger partial charge in [0.05, 0.1) is 0 Å². The van der Waals surface area contributed by atoms with Crippen molar-refractivity contribution in [3.8, 4) is 0 Å². The number of halogens is 2. The van der Waals surface area contributed by atoms with Crippen LogP contribution in [0.3, 0.4) is 0 Å². The van der Waals surface area contributed by atoms with Gasteiger partial charge in [0.25, 0.3) is 5.66 Å². The maximum atomic E-state index is 13.0. The molecule has 2 fully saturated rings. The molecule has 0 radical (unpaired) electrons. The number of fused-ring (bicyclic) bond motifs is 1. The number of nitrogens with one attached hydrogen (secondary N) is 1. The Morgan fingerprint density at radius 2 is 2.00 bits per heavy atom. The zero-order chi connectivity index (χ0) is 11.4. The van der Waals surface area contributed by atoms with Crippen LogP contribution in [0.4, 0.5) is 8.78 Å². The summed E-state index contributed by atoms with van der Waals surface area (Å²) in [5.74, 6) is 0.717. The maximum Gasteiger partial charge on any atom is 0.283 e. The van der Waals surface area contributed by atoms with E-state index in [9.17, 15) is 8.78 Å². The molecular formula is C12H14F2NP. The predicted molar refractivity (Wildman–Crippen MR) is 62.7 cm³/mol. The molecule has 16 heavy (non-hydrogen) atoms. The molecule has 1 aromatic carbocycles. The van der Waals surface area contributed by atoms with Crippen LogP contribution in [0.2, 0.25) is 0 Å². The molecule has 1 aromatic rings. The summed E-state index contributed by atoms with van der Waals surface area (Å²) < 4.78 is 26.0. The molecule has 1 saturated carbocycles. The van der Waals surface area contributed by atoms with Gasteiger partial charge in [-0.15, -0.1) is 0 Å². The highest BCUT2D eigenvalue weighted by Gasteiger charge is 2.57. The Kier molecular flexibility index (Phi) is 2.15. The minimum atomic E-state index is -2.81. The van der Waals surface area contributed by atoms with Crippen molar-refractivity contribution >= 4 is 9.24 Å².